The van der Waals surface area contributed by atoms with Crippen LogP contribution in [0.4, 0.5) is 0 Å². The van der Waals surface area contributed by atoms with Crippen LogP contribution in [-0.4, -0.2) is 24.3 Å². The van der Waals surface area contributed by atoms with Gasteiger partial charge in [0.05, 0.1) is 18.8 Å². The molecule has 0 fully saturated rings. The van der Waals surface area contributed by atoms with Gasteiger partial charge in [0.1, 0.15) is 0 Å². The van der Waals surface area contributed by atoms with E-state index >= 15 is 0 Å². The van der Waals surface area contributed by atoms with Crippen LogP contribution in [0.15, 0.2) is 30.3 Å². The number of esters is 1. The third kappa shape index (κ3) is 3.76. The predicted molar refractivity (Wildman–Crippen MR) is 60.8 cm³/mol. The van der Waals surface area contributed by atoms with Crippen molar-refractivity contribution in [3.05, 3.63) is 35.9 Å². The summed E-state index contributed by atoms with van der Waals surface area (Å²) in [5, 5.41) is 8.95. The maximum atomic E-state index is 11.5. The lowest BCUT2D eigenvalue weighted by Crippen LogP contribution is -2.17. The van der Waals surface area contributed by atoms with Crippen molar-refractivity contribution in [2.75, 3.05) is 13.2 Å². The van der Waals surface area contributed by atoms with Crippen LogP contribution in [0.3, 0.4) is 0 Å². The van der Waals surface area contributed by atoms with Gasteiger partial charge in [0.2, 0.25) is 0 Å². The highest BCUT2D eigenvalue weighted by molar-refractivity contribution is 5.89. The van der Waals surface area contributed by atoms with Crippen molar-refractivity contribution >= 4 is 5.97 Å². The molecule has 0 aliphatic heterocycles. The monoisotopic (exact) mass is 218 g/mol. The fourth-order valence-electron chi connectivity index (χ4n) is 1.19. The SMILES string of the molecule is C#CC[C@@H](CO)COC(=O)c1ccccc1. The van der Waals surface area contributed by atoms with Gasteiger partial charge in [-0.2, -0.15) is 0 Å². The minimum absolute atomic E-state index is 0.0771. The molecule has 0 heterocycles. The number of ether oxygens (including phenoxy) is 1. The van der Waals surface area contributed by atoms with E-state index in [1.54, 1.807) is 24.3 Å². The molecule has 1 atom stereocenters. The molecule has 84 valence electrons. The molecule has 1 aromatic rings. The quantitative estimate of drug-likeness (QED) is 0.601. The first-order valence-corrected chi connectivity index (χ1v) is 5.04. The summed E-state index contributed by atoms with van der Waals surface area (Å²) in [7, 11) is 0. The summed E-state index contributed by atoms with van der Waals surface area (Å²) in [6.45, 7) is 0.0701. The van der Waals surface area contributed by atoms with Crippen LogP contribution in [0.1, 0.15) is 16.8 Å². The molecule has 0 aliphatic carbocycles. The lowest BCUT2D eigenvalue weighted by Gasteiger charge is -2.11. The summed E-state index contributed by atoms with van der Waals surface area (Å²) in [5.74, 6) is 1.86. The second kappa shape index (κ2) is 6.65. The number of carbonyl (C=O) groups is 1. The largest absolute Gasteiger partial charge is 0.462 e. The summed E-state index contributed by atoms with van der Waals surface area (Å²) in [6, 6.07) is 8.71. The molecule has 0 aromatic heterocycles. The molecule has 1 aromatic carbocycles. The number of terminal acetylenes is 1. The molecule has 0 saturated carbocycles. The molecule has 0 aliphatic rings. The zero-order valence-corrected chi connectivity index (χ0v) is 8.93. The molecule has 0 radical (unpaired) electrons. The summed E-state index contributed by atoms with van der Waals surface area (Å²) in [5.41, 5.74) is 0.500. The van der Waals surface area contributed by atoms with Gasteiger partial charge < -0.3 is 9.84 Å². The van der Waals surface area contributed by atoms with Gasteiger partial charge >= 0.3 is 5.97 Å². The van der Waals surface area contributed by atoms with E-state index in [4.69, 9.17) is 16.3 Å². The molecule has 0 saturated heterocycles. The van der Waals surface area contributed by atoms with Crippen LogP contribution in [0, 0.1) is 18.3 Å². The Morgan fingerprint density at radius 3 is 2.69 bits per heavy atom. The van der Waals surface area contributed by atoms with E-state index in [0.717, 1.165) is 0 Å². The minimum atomic E-state index is -0.393. The Morgan fingerprint density at radius 2 is 2.12 bits per heavy atom. The van der Waals surface area contributed by atoms with Gasteiger partial charge in [-0.15, -0.1) is 12.3 Å². The normalized spacial score (nSPS) is 11.5. The van der Waals surface area contributed by atoms with Crippen molar-refractivity contribution in [2.24, 2.45) is 5.92 Å². The van der Waals surface area contributed by atoms with E-state index in [0.29, 0.717) is 12.0 Å². The molecule has 0 amide bonds. The number of carbonyl (C=O) groups excluding carboxylic acids is 1. The number of rotatable bonds is 5. The summed E-state index contributed by atoms with van der Waals surface area (Å²) >= 11 is 0. The van der Waals surface area contributed by atoms with Crippen LogP contribution >= 0.6 is 0 Å². The highest BCUT2D eigenvalue weighted by Gasteiger charge is 2.11. The van der Waals surface area contributed by atoms with E-state index in [1.165, 1.54) is 0 Å². The van der Waals surface area contributed by atoms with Crippen LogP contribution in [0.25, 0.3) is 0 Å². The lowest BCUT2D eigenvalue weighted by molar-refractivity contribution is 0.0392. The van der Waals surface area contributed by atoms with Gasteiger partial charge in [-0.1, -0.05) is 18.2 Å². The summed E-state index contributed by atoms with van der Waals surface area (Å²) in [4.78, 5) is 11.5. The fourth-order valence-corrected chi connectivity index (χ4v) is 1.19. The van der Waals surface area contributed by atoms with E-state index in [2.05, 4.69) is 5.92 Å². The number of aliphatic hydroxyl groups is 1. The molecule has 0 spiro atoms. The first kappa shape index (κ1) is 12.3. The number of hydrogen-bond acceptors (Lipinski definition) is 3. The highest BCUT2D eigenvalue weighted by Crippen LogP contribution is 2.05. The standard InChI is InChI=1S/C13H14O3/c1-2-6-11(9-14)10-16-13(15)12-7-4-3-5-8-12/h1,3-5,7-8,11,14H,6,9-10H2/t11-/m0/s1. The van der Waals surface area contributed by atoms with Crippen molar-refractivity contribution in [3.8, 4) is 12.3 Å². The Balaban J connectivity index is 2.44. The van der Waals surface area contributed by atoms with E-state index in [1.807, 2.05) is 6.07 Å². The topological polar surface area (TPSA) is 46.5 Å². The highest BCUT2D eigenvalue weighted by atomic mass is 16.5. The van der Waals surface area contributed by atoms with Crippen molar-refractivity contribution in [1.29, 1.82) is 0 Å². The Bertz CT molecular complexity index is 365. The van der Waals surface area contributed by atoms with E-state index in [-0.39, 0.29) is 19.1 Å². The van der Waals surface area contributed by atoms with E-state index < -0.39 is 5.97 Å². The number of hydrogen-bond donors (Lipinski definition) is 1. The Hall–Kier alpha value is -1.79. The van der Waals surface area contributed by atoms with Crippen LogP contribution in [0.5, 0.6) is 0 Å². The van der Waals surface area contributed by atoms with Gasteiger partial charge in [0, 0.05) is 12.3 Å². The van der Waals surface area contributed by atoms with Crippen LogP contribution in [-0.2, 0) is 4.74 Å². The third-order valence-corrected chi connectivity index (χ3v) is 2.12. The van der Waals surface area contributed by atoms with Crippen LogP contribution < -0.4 is 0 Å². The number of benzene rings is 1. The lowest BCUT2D eigenvalue weighted by atomic mass is 10.1. The fraction of sp³-hybridized carbons (Fsp3) is 0.308. The first-order chi connectivity index (χ1) is 7.77. The average molecular weight is 218 g/mol. The second-order valence-electron chi connectivity index (χ2n) is 3.42. The van der Waals surface area contributed by atoms with Crippen molar-refractivity contribution in [1.82, 2.24) is 0 Å². The Morgan fingerprint density at radius 1 is 1.44 bits per heavy atom. The summed E-state index contributed by atoms with van der Waals surface area (Å²) in [6.07, 6.45) is 5.52. The molecule has 1 N–H and O–H groups in total. The summed E-state index contributed by atoms with van der Waals surface area (Å²) < 4.78 is 5.04. The predicted octanol–water partition coefficient (Wildman–Crippen LogP) is 1.48. The maximum absolute atomic E-state index is 11.5. The average Bonchev–Trinajstić information content (AvgIpc) is 2.35. The maximum Gasteiger partial charge on any atom is 0.338 e. The molecule has 3 nitrogen and oxygen atoms in total. The van der Waals surface area contributed by atoms with Gasteiger partial charge in [0.15, 0.2) is 0 Å². The van der Waals surface area contributed by atoms with Crippen molar-refractivity contribution in [2.45, 2.75) is 6.42 Å². The van der Waals surface area contributed by atoms with Crippen LogP contribution in [0.2, 0.25) is 0 Å². The third-order valence-electron chi connectivity index (χ3n) is 2.12. The molecule has 3 heteroatoms. The zero-order chi connectivity index (χ0) is 11.8. The van der Waals surface area contributed by atoms with Crippen molar-refractivity contribution < 1.29 is 14.6 Å². The van der Waals surface area contributed by atoms with Gasteiger partial charge in [0.25, 0.3) is 0 Å². The molecule has 16 heavy (non-hydrogen) atoms. The first-order valence-electron chi connectivity index (χ1n) is 5.04. The molecule has 0 unspecified atom stereocenters. The molecular formula is C13H14O3. The smallest absolute Gasteiger partial charge is 0.338 e. The Labute approximate surface area is 95.1 Å². The van der Waals surface area contributed by atoms with E-state index in [9.17, 15) is 4.79 Å². The van der Waals surface area contributed by atoms with Gasteiger partial charge in [-0.3, -0.25) is 0 Å². The van der Waals surface area contributed by atoms with Gasteiger partial charge in [-0.05, 0) is 12.1 Å². The zero-order valence-electron chi connectivity index (χ0n) is 8.93. The Kier molecular flexibility index (Phi) is 5.10. The molecular weight excluding hydrogens is 204 g/mol. The molecule has 0 bridgehead atoms. The molecule has 1 rings (SSSR count). The number of aliphatic hydroxyl groups excluding tert-OH is 1. The second-order valence-corrected chi connectivity index (χ2v) is 3.42. The van der Waals surface area contributed by atoms with Gasteiger partial charge in [-0.25, -0.2) is 4.79 Å². The van der Waals surface area contributed by atoms with Crippen molar-refractivity contribution in [3.63, 3.8) is 0 Å². The minimum Gasteiger partial charge on any atom is -0.462 e.